The Balaban J connectivity index is 2.49. The minimum absolute atomic E-state index is 0.143. The highest BCUT2D eigenvalue weighted by atomic mass is 32.2. The monoisotopic (exact) mass is 255 g/mol. The molecule has 1 rings (SSSR count). The van der Waals surface area contributed by atoms with Gasteiger partial charge < -0.3 is 0 Å². The number of alkyl halides is 3. The summed E-state index contributed by atoms with van der Waals surface area (Å²) >= 11 is 0. The third-order valence-electron chi connectivity index (χ3n) is 1.57. The van der Waals surface area contributed by atoms with Crippen LogP contribution >= 0.6 is 0 Å². The molecule has 16 heavy (non-hydrogen) atoms. The van der Waals surface area contributed by atoms with Crippen LogP contribution in [0.1, 0.15) is 5.56 Å². The van der Waals surface area contributed by atoms with Gasteiger partial charge in [-0.2, -0.15) is 31.4 Å². The molecule has 0 aromatic heterocycles. The van der Waals surface area contributed by atoms with Gasteiger partial charge in [-0.3, -0.25) is 0 Å². The van der Waals surface area contributed by atoms with Crippen molar-refractivity contribution >= 4 is 10.1 Å². The normalized spacial score (nSPS) is 12.7. The molecule has 0 fully saturated rings. The van der Waals surface area contributed by atoms with E-state index in [0.717, 1.165) is 0 Å². The van der Waals surface area contributed by atoms with Crippen LogP contribution in [0.25, 0.3) is 0 Å². The average molecular weight is 255 g/mol. The summed E-state index contributed by atoms with van der Waals surface area (Å²) in [5, 5.41) is 0. The molecule has 90 valence electrons. The number of hydrogen-bond donors (Lipinski definition) is 1. The van der Waals surface area contributed by atoms with E-state index in [-0.39, 0.29) is 6.54 Å². The van der Waals surface area contributed by atoms with Crippen molar-refractivity contribution in [2.45, 2.75) is 12.1 Å². The fourth-order valence-electron chi connectivity index (χ4n) is 0.833. The lowest BCUT2D eigenvalue weighted by molar-refractivity contribution is -0.0585. The first kappa shape index (κ1) is 12.9. The molecule has 0 heterocycles. The van der Waals surface area contributed by atoms with Crippen LogP contribution in [-0.4, -0.2) is 13.9 Å². The van der Waals surface area contributed by atoms with E-state index in [1.807, 2.05) is 0 Å². The van der Waals surface area contributed by atoms with Gasteiger partial charge in [0.25, 0.3) is 0 Å². The van der Waals surface area contributed by atoms with Crippen LogP contribution in [0, 0.1) is 0 Å². The molecule has 0 radical (unpaired) electrons. The molecule has 0 unspecified atom stereocenters. The molecule has 0 spiro atoms. The van der Waals surface area contributed by atoms with Gasteiger partial charge in [-0.1, -0.05) is 30.3 Å². The quantitative estimate of drug-likeness (QED) is 0.655. The fraction of sp³-hybridized carbons (Fsp3) is 0.250. The van der Waals surface area contributed by atoms with Gasteiger partial charge in [-0.25, -0.2) is 0 Å². The third kappa shape index (κ3) is 3.47. The van der Waals surface area contributed by atoms with E-state index in [1.165, 1.54) is 0 Å². The van der Waals surface area contributed by atoms with Gasteiger partial charge in [0.2, 0.25) is 0 Å². The van der Waals surface area contributed by atoms with E-state index in [0.29, 0.717) is 5.56 Å². The van der Waals surface area contributed by atoms with Crippen molar-refractivity contribution in [1.82, 2.24) is 5.48 Å². The summed E-state index contributed by atoms with van der Waals surface area (Å²) in [6.45, 7) is -0.143. The molecular weight excluding hydrogens is 247 g/mol. The Labute approximate surface area is 90.1 Å². The lowest BCUT2D eigenvalue weighted by atomic mass is 10.2. The first-order valence-corrected chi connectivity index (χ1v) is 5.50. The zero-order valence-corrected chi connectivity index (χ0v) is 8.68. The standard InChI is InChI=1S/C8H8F3NO3S/c9-8(10,11)16(13,14)15-12-6-7-4-2-1-3-5-7/h1-5,12H,6H2. The molecule has 1 aromatic carbocycles. The Morgan fingerprint density at radius 3 is 2.25 bits per heavy atom. The predicted molar refractivity (Wildman–Crippen MR) is 49.3 cm³/mol. The second-order valence-corrected chi connectivity index (χ2v) is 4.33. The largest absolute Gasteiger partial charge is 0.524 e. The van der Waals surface area contributed by atoms with Gasteiger partial charge in [-0.15, -0.1) is 0 Å². The summed E-state index contributed by atoms with van der Waals surface area (Å²) in [6.07, 6.45) is 0. The summed E-state index contributed by atoms with van der Waals surface area (Å²) in [5.41, 5.74) is -3.08. The third-order valence-corrected chi connectivity index (χ3v) is 2.48. The molecule has 0 aliphatic carbocycles. The summed E-state index contributed by atoms with van der Waals surface area (Å²) in [5.74, 6) is 0. The summed E-state index contributed by atoms with van der Waals surface area (Å²) in [6, 6.07) is 8.26. The van der Waals surface area contributed by atoms with Crippen molar-refractivity contribution < 1.29 is 25.9 Å². The Kier molecular flexibility index (Phi) is 3.89. The zero-order valence-electron chi connectivity index (χ0n) is 7.86. The van der Waals surface area contributed by atoms with Crippen molar-refractivity contribution in [3.05, 3.63) is 35.9 Å². The Morgan fingerprint density at radius 1 is 1.19 bits per heavy atom. The van der Waals surface area contributed by atoms with Crippen molar-refractivity contribution in [2.75, 3.05) is 0 Å². The summed E-state index contributed by atoms with van der Waals surface area (Å²) in [4.78, 5) is 0. The molecule has 1 N–H and O–H groups in total. The molecule has 0 atom stereocenters. The first-order chi connectivity index (χ1) is 7.33. The number of hydroxylamine groups is 1. The maximum absolute atomic E-state index is 11.8. The summed E-state index contributed by atoms with van der Waals surface area (Å²) in [7, 11) is -5.58. The van der Waals surface area contributed by atoms with Crippen molar-refractivity contribution in [3.63, 3.8) is 0 Å². The highest BCUT2D eigenvalue weighted by Gasteiger charge is 2.47. The van der Waals surface area contributed by atoms with E-state index in [1.54, 1.807) is 35.8 Å². The van der Waals surface area contributed by atoms with Gasteiger partial charge in [-0.05, 0) is 5.56 Å². The minimum atomic E-state index is -5.58. The zero-order chi connectivity index (χ0) is 12.2. The number of hydrogen-bond acceptors (Lipinski definition) is 4. The fourth-order valence-corrected chi connectivity index (χ4v) is 1.14. The molecule has 0 amide bonds. The van der Waals surface area contributed by atoms with Crippen molar-refractivity contribution in [3.8, 4) is 0 Å². The van der Waals surface area contributed by atoms with Gasteiger partial charge in [0.1, 0.15) is 0 Å². The van der Waals surface area contributed by atoms with Crippen LogP contribution in [-0.2, 0) is 20.9 Å². The molecule has 1 aromatic rings. The maximum Gasteiger partial charge on any atom is 0.524 e. The van der Waals surface area contributed by atoms with E-state index in [9.17, 15) is 21.6 Å². The van der Waals surface area contributed by atoms with E-state index >= 15 is 0 Å². The van der Waals surface area contributed by atoms with Crippen LogP contribution in [0.5, 0.6) is 0 Å². The van der Waals surface area contributed by atoms with Gasteiger partial charge in [0, 0.05) is 6.54 Å². The van der Waals surface area contributed by atoms with Crippen LogP contribution in [0.2, 0.25) is 0 Å². The predicted octanol–water partition coefficient (Wildman–Crippen LogP) is 1.56. The molecule has 0 bridgehead atoms. The number of halogens is 3. The van der Waals surface area contributed by atoms with Gasteiger partial charge >= 0.3 is 15.6 Å². The van der Waals surface area contributed by atoms with E-state index < -0.39 is 15.6 Å². The average Bonchev–Trinajstić information content (AvgIpc) is 2.17. The first-order valence-electron chi connectivity index (χ1n) is 4.09. The lowest BCUT2D eigenvalue weighted by Crippen LogP contribution is -2.31. The van der Waals surface area contributed by atoms with Crippen LogP contribution in [0.15, 0.2) is 30.3 Å². The van der Waals surface area contributed by atoms with Crippen LogP contribution in [0.4, 0.5) is 13.2 Å². The maximum atomic E-state index is 11.8. The minimum Gasteiger partial charge on any atom is -0.188 e. The van der Waals surface area contributed by atoms with E-state index in [4.69, 9.17) is 0 Å². The molecule has 0 aliphatic rings. The molecule has 0 saturated carbocycles. The molecular formula is C8H8F3NO3S. The van der Waals surface area contributed by atoms with Crippen LogP contribution in [0.3, 0.4) is 0 Å². The highest BCUT2D eigenvalue weighted by molar-refractivity contribution is 7.87. The second-order valence-electron chi connectivity index (χ2n) is 2.79. The van der Waals surface area contributed by atoms with E-state index in [2.05, 4.69) is 4.28 Å². The topological polar surface area (TPSA) is 55.4 Å². The molecule has 0 aliphatic heterocycles. The summed E-state index contributed by atoms with van der Waals surface area (Å²) < 4.78 is 59.9. The molecule has 8 heteroatoms. The Morgan fingerprint density at radius 2 is 1.75 bits per heavy atom. The Hall–Kier alpha value is -1.12. The smallest absolute Gasteiger partial charge is 0.188 e. The van der Waals surface area contributed by atoms with Crippen molar-refractivity contribution in [2.24, 2.45) is 0 Å². The van der Waals surface area contributed by atoms with Gasteiger partial charge in [0.15, 0.2) is 0 Å². The van der Waals surface area contributed by atoms with Gasteiger partial charge in [0.05, 0.1) is 0 Å². The number of benzene rings is 1. The van der Waals surface area contributed by atoms with Crippen LogP contribution < -0.4 is 5.48 Å². The highest BCUT2D eigenvalue weighted by Crippen LogP contribution is 2.23. The molecule has 0 saturated heterocycles. The van der Waals surface area contributed by atoms with Crippen molar-refractivity contribution in [1.29, 1.82) is 0 Å². The second kappa shape index (κ2) is 4.81. The Bertz CT molecular complexity index is 430. The lowest BCUT2D eigenvalue weighted by Gasteiger charge is -2.08. The SMILES string of the molecule is O=S(=O)(ONCc1ccccc1)C(F)(F)F. The number of nitrogens with one attached hydrogen (secondary N) is 1. The molecule has 4 nitrogen and oxygen atoms in total. The number of rotatable bonds is 4.